The lowest BCUT2D eigenvalue weighted by Gasteiger charge is -2.11. The standard InChI is InChI=1S/C20H19NO2S/c1-14-11-15(12-18(22-2)19(14)23-3)9-10-17-13-24-20(21-17)16-7-5-4-6-8-16/h4-13H,1-3H3/b10-9-. The lowest BCUT2D eigenvalue weighted by molar-refractivity contribution is 0.353. The van der Waals surface area contributed by atoms with E-state index in [1.54, 1.807) is 25.6 Å². The molecule has 0 atom stereocenters. The molecule has 0 aliphatic carbocycles. The van der Waals surface area contributed by atoms with Crippen LogP contribution < -0.4 is 9.47 Å². The molecule has 0 fully saturated rings. The second-order valence-electron chi connectivity index (χ2n) is 5.35. The van der Waals surface area contributed by atoms with Crippen molar-refractivity contribution in [1.29, 1.82) is 0 Å². The van der Waals surface area contributed by atoms with Gasteiger partial charge < -0.3 is 9.47 Å². The molecule has 0 aliphatic rings. The molecule has 24 heavy (non-hydrogen) atoms. The molecule has 0 unspecified atom stereocenters. The number of nitrogens with zero attached hydrogens (tertiary/aromatic N) is 1. The topological polar surface area (TPSA) is 31.4 Å². The fourth-order valence-corrected chi connectivity index (χ4v) is 3.33. The van der Waals surface area contributed by atoms with E-state index in [-0.39, 0.29) is 0 Å². The van der Waals surface area contributed by atoms with Crippen LogP contribution in [-0.4, -0.2) is 19.2 Å². The lowest BCUT2D eigenvalue weighted by atomic mass is 10.1. The van der Waals surface area contributed by atoms with Crippen LogP contribution in [0.15, 0.2) is 47.8 Å². The van der Waals surface area contributed by atoms with Gasteiger partial charge in [-0.2, -0.15) is 0 Å². The number of methoxy groups -OCH3 is 2. The van der Waals surface area contributed by atoms with E-state index in [4.69, 9.17) is 9.47 Å². The lowest BCUT2D eigenvalue weighted by Crippen LogP contribution is -1.93. The zero-order valence-electron chi connectivity index (χ0n) is 13.9. The Morgan fingerprint density at radius 1 is 1.00 bits per heavy atom. The van der Waals surface area contributed by atoms with E-state index >= 15 is 0 Å². The normalized spacial score (nSPS) is 11.0. The summed E-state index contributed by atoms with van der Waals surface area (Å²) in [6.45, 7) is 2.01. The van der Waals surface area contributed by atoms with Gasteiger partial charge >= 0.3 is 0 Å². The highest BCUT2D eigenvalue weighted by molar-refractivity contribution is 7.13. The van der Waals surface area contributed by atoms with Gasteiger partial charge in [-0.25, -0.2) is 4.98 Å². The van der Waals surface area contributed by atoms with Crippen molar-refractivity contribution in [2.24, 2.45) is 0 Å². The van der Waals surface area contributed by atoms with E-state index in [0.29, 0.717) is 0 Å². The number of aromatic nitrogens is 1. The summed E-state index contributed by atoms with van der Waals surface area (Å²) in [4.78, 5) is 4.67. The van der Waals surface area contributed by atoms with Crippen LogP contribution in [0.4, 0.5) is 0 Å². The van der Waals surface area contributed by atoms with Crippen molar-refractivity contribution in [2.45, 2.75) is 6.92 Å². The van der Waals surface area contributed by atoms with Crippen molar-refractivity contribution in [3.8, 4) is 22.1 Å². The van der Waals surface area contributed by atoms with Crippen molar-refractivity contribution in [1.82, 2.24) is 4.98 Å². The second-order valence-corrected chi connectivity index (χ2v) is 6.21. The summed E-state index contributed by atoms with van der Waals surface area (Å²) < 4.78 is 10.8. The SMILES string of the molecule is COc1cc(/C=C\c2csc(-c3ccccc3)n2)cc(C)c1OC. The van der Waals surface area contributed by atoms with Gasteiger partial charge in [-0.15, -0.1) is 11.3 Å². The van der Waals surface area contributed by atoms with Gasteiger partial charge in [0.2, 0.25) is 0 Å². The van der Waals surface area contributed by atoms with Crippen molar-refractivity contribution in [3.63, 3.8) is 0 Å². The predicted molar refractivity (Wildman–Crippen MR) is 101 cm³/mol. The molecule has 3 rings (SSSR count). The van der Waals surface area contributed by atoms with Crippen LogP contribution in [0.5, 0.6) is 11.5 Å². The van der Waals surface area contributed by atoms with E-state index in [1.165, 1.54) is 0 Å². The van der Waals surface area contributed by atoms with Gasteiger partial charge in [-0.3, -0.25) is 0 Å². The summed E-state index contributed by atoms with van der Waals surface area (Å²) in [6.07, 6.45) is 4.06. The van der Waals surface area contributed by atoms with Crippen LogP contribution >= 0.6 is 11.3 Å². The molecule has 4 heteroatoms. The Hall–Kier alpha value is -2.59. The number of thiazole rings is 1. The van der Waals surface area contributed by atoms with Crippen molar-refractivity contribution >= 4 is 23.5 Å². The summed E-state index contributed by atoms with van der Waals surface area (Å²) in [5.41, 5.74) is 4.19. The molecular formula is C20H19NO2S. The third-order valence-corrected chi connectivity index (χ3v) is 4.59. The first-order valence-corrected chi connectivity index (χ1v) is 8.51. The maximum atomic E-state index is 5.40. The van der Waals surface area contributed by atoms with E-state index < -0.39 is 0 Å². The summed E-state index contributed by atoms with van der Waals surface area (Å²) in [5.74, 6) is 1.51. The molecule has 3 aromatic rings. The Morgan fingerprint density at radius 3 is 2.50 bits per heavy atom. The monoisotopic (exact) mass is 337 g/mol. The molecule has 0 N–H and O–H groups in total. The van der Waals surface area contributed by atoms with E-state index in [2.05, 4.69) is 28.6 Å². The minimum Gasteiger partial charge on any atom is -0.493 e. The van der Waals surface area contributed by atoms with Gasteiger partial charge in [0.25, 0.3) is 0 Å². The van der Waals surface area contributed by atoms with Crippen molar-refractivity contribution in [2.75, 3.05) is 14.2 Å². The fourth-order valence-electron chi connectivity index (χ4n) is 2.54. The Balaban J connectivity index is 1.84. The first-order valence-electron chi connectivity index (χ1n) is 7.63. The van der Waals surface area contributed by atoms with E-state index in [0.717, 1.165) is 38.9 Å². The highest BCUT2D eigenvalue weighted by Crippen LogP contribution is 2.32. The second kappa shape index (κ2) is 7.32. The molecule has 1 aromatic heterocycles. The molecule has 1 heterocycles. The highest BCUT2D eigenvalue weighted by Gasteiger charge is 2.08. The van der Waals surface area contributed by atoms with Crippen LogP contribution in [0.25, 0.3) is 22.7 Å². The van der Waals surface area contributed by atoms with Gasteiger partial charge in [0.05, 0.1) is 19.9 Å². The maximum Gasteiger partial charge on any atom is 0.163 e. The van der Waals surface area contributed by atoms with E-state index in [9.17, 15) is 0 Å². The quantitative estimate of drug-likeness (QED) is 0.632. The molecule has 0 aliphatic heterocycles. The molecule has 0 bridgehead atoms. The van der Waals surface area contributed by atoms with Crippen molar-refractivity contribution < 1.29 is 9.47 Å². The van der Waals surface area contributed by atoms with Crippen LogP contribution in [0.2, 0.25) is 0 Å². The first kappa shape index (κ1) is 16.3. The van der Waals surface area contributed by atoms with Crippen LogP contribution in [0, 0.1) is 6.92 Å². The first-order chi connectivity index (χ1) is 11.7. The van der Waals surface area contributed by atoms with Gasteiger partial charge in [0.1, 0.15) is 5.01 Å². The third kappa shape index (κ3) is 3.49. The molecule has 122 valence electrons. The van der Waals surface area contributed by atoms with Gasteiger partial charge in [0, 0.05) is 10.9 Å². The average Bonchev–Trinajstić information content (AvgIpc) is 3.09. The molecule has 2 aromatic carbocycles. The minimum atomic E-state index is 0.736. The minimum absolute atomic E-state index is 0.736. The molecule has 0 amide bonds. The number of hydrogen-bond donors (Lipinski definition) is 0. The summed E-state index contributed by atoms with van der Waals surface area (Å²) in [6, 6.07) is 14.2. The molecule has 0 saturated heterocycles. The number of ether oxygens (including phenoxy) is 2. The largest absolute Gasteiger partial charge is 0.493 e. The molecule has 0 radical (unpaired) electrons. The average molecular weight is 337 g/mol. The number of hydrogen-bond acceptors (Lipinski definition) is 4. The predicted octanol–water partition coefficient (Wildman–Crippen LogP) is 5.31. The Bertz CT molecular complexity index is 853. The summed E-state index contributed by atoms with van der Waals surface area (Å²) >= 11 is 1.65. The zero-order valence-corrected chi connectivity index (χ0v) is 14.8. The third-order valence-electron chi connectivity index (χ3n) is 3.68. The Labute approximate surface area is 146 Å². The fraction of sp³-hybridized carbons (Fsp3) is 0.150. The Kier molecular flexibility index (Phi) is 4.96. The van der Waals surface area contributed by atoms with Gasteiger partial charge in [-0.1, -0.05) is 36.4 Å². The molecule has 0 spiro atoms. The molecule has 0 saturated carbocycles. The molecule has 3 nitrogen and oxygen atoms in total. The smallest absolute Gasteiger partial charge is 0.163 e. The van der Waals surface area contributed by atoms with Crippen LogP contribution in [0.3, 0.4) is 0 Å². The molecular weight excluding hydrogens is 318 g/mol. The number of aryl methyl sites for hydroxylation is 1. The van der Waals surface area contributed by atoms with E-state index in [1.807, 2.05) is 43.3 Å². The van der Waals surface area contributed by atoms with Gasteiger partial charge in [-0.05, 0) is 36.3 Å². The summed E-state index contributed by atoms with van der Waals surface area (Å²) in [5, 5.41) is 3.09. The van der Waals surface area contributed by atoms with Crippen molar-refractivity contribution in [3.05, 3.63) is 64.7 Å². The number of benzene rings is 2. The Morgan fingerprint density at radius 2 is 1.79 bits per heavy atom. The van der Waals surface area contributed by atoms with Crippen LogP contribution in [-0.2, 0) is 0 Å². The maximum absolute atomic E-state index is 5.40. The zero-order chi connectivity index (χ0) is 16.9. The summed E-state index contributed by atoms with van der Waals surface area (Å²) in [7, 11) is 3.30. The number of rotatable bonds is 5. The van der Waals surface area contributed by atoms with Gasteiger partial charge in [0.15, 0.2) is 11.5 Å². The van der Waals surface area contributed by atoms with Crippen LogP contribution in [0.1, 0.15) is 16.8 Å². The highest BCUT2D eigenvalue weighted by atomic mass is 32.1.